The number of hydrogen-bond donors (Lipinski definition) is 1. The number of carbonyl (C=O) groups is 1. The first-order chi connectivity index (χ1) is 15.2. The van der Waals surface area contributed by atoms with Crippen LogP contribution in [0.2, 0.25) is 0 Å². The lowest BCUT2D eigenvalue weighted by molar-refractivity contribution is 0.0304. The van der Waals surface area contributed by atoms with Crippen molar-refractivity contribution in [1.29, 1.82) is 0 Å². The van der Waals surface area contributed by atoms with Crippen molar-refractivity contribution in [3.63, 3.8) is 0 Å². The molecule has 172 valence electrons. The fourth-order valence-electron chi connectivity index (χ4n) is 3.44. The van der Waals surface area contributed by atoms with Crippen molar-refractivity contribution in [3.8, 4) is 0 Å². The second-order valence-corrected chi connectivity index (χ2v) is 7.94. The Bertz CT molecular complexity index is 657. The standard InChI is InChI=1S/C25H39N3O3/c1-2-3-4-5-6-7-8-9-10-11-12-13-17-20-24(23(21-29)27-28-26)31-25(30)22-18-15-14-16-19-22/h14-20,23-24,29H,2-13,21H2,1H3/t23?,24-/m1/s1. The van der Waals surface area contributed by atoms with Gasteiger partial charge >= 0.3 is 5.97 Å². The molecular weight excluding hydrogens is 390 g/mol. The van der Waals surface area contributed by atoms with Gasteiger partial charge in [0.05, 0.1) is 12.2 Å². The van der Waals surface area contributed by atoms with Gasteiger partial charge in [-0.2, -0.15) is 0 Å². The Morgan fingerprint density at radius 3 is 2.16 bits per heavy atom. The summed E-state index contributed by atoms with van der Waals surface area (Å²) in [6.07, 6.45) is 18.0. The molecule has 1 aromatic carbocycles. The summed E-state index contributed by atoms with van der Waals surface area (Å²) in [6.45, 7) is 1.86. The zero-order valence-corrected chi connectivity index (χ0v) is 19.0. The number of rotatable bonds is 18. The average molecular weight is 430 g/mol. The maximum absolute atomic E-state index is 12.3. The Balaban J connectivity index is 2.32. The molecule has 1 unspecified atom stereocenters. The summed E-state index contributed by atoms with van der Waals surface area (Å²) in [7, 11) is 0. The Morgan fingerprint density at radius 1 is 1.03 bits per heavy atom. The molecule has 6 nitrogen and oxygen atoms in total. The van der Waals surface area contributed by atoms with Crippen LogP contribution in [0.25, 0.3) is 10.4 Å². The van der Waals surface area contributed by atoms with Crippen molar-refractivity contribution in [2.45, 2.75) is 96.1 Å². The van der Waals surface area contributed by atoms with Crippen LogP contribution in [0.3, 0.4) is 0 Å². The third kappa shape index (κ3) is 12.9. The molecule has 0 aliphatic rings. The van der Waals surface area contributed by atoms with Gasteiger partial charge < -0.3 is 9.84 Å². The molecule has 6 heteroatoms. The molecule has 2 atom stereocenters. The van der Waals surface area contributed by atoms with Crippen LogP contribution in [-0.2, 0) is 4.74 Å². The first-order valence-electron chi connectivity index (χ1n) is 11.8. The van der Waals surface area contributed by atoms with Gasteiger partial charge in [-0.15, -0.1) is 0 Å². The van der Waals surface area contributed by atoms with Crippen molar-refractivity contribution in [2.75, 3.05) is 6.61 Å². The molecule has 0 saturated heterocycles. The van der Waals surface area contributed by atoms with Crippen molar-refractivity contribution in [1.82, 2.24) is 0 Å². The highest BCUT2D eigenvalue weighted by Crippen LogP contribution is 2.14. The number of nitrogens with zero attached hydrogens (tertiary/aromatic N) is 3. The Morgan fingerprint density at radius 2 is 1.61 bits per heavy atom. The summed E-state index contributed by atoms with van der Waals surface area (Å²) in [5, 5.41) is 13.1. The number of allylic oxidation sites excluding steroid dienone is 1. The van der Waals surface area contributed by atoms with Gasteiger partial charge in [-0.1, -0.05) is 101 Å². The molecule has 1 aromatic rings. The molecule has 0 fully saturated rings. The number of benzene rings is 1. The molecule has 1 N–H and O–H groups in total. The fraction of sp³-hybridized carbons (Fsp3) is 0.640. The van der Waals surface area contributed by atoms with Crippen LogP contribution in [0, 0.1) is 0 Å². The number of aliphatic hydroxyl groups is 1. The molecule has 0 bridgehead atoms. The van der Waals surface area contributed by atoms with E-state index in [1.807, 2.05) is 12.1 Å². The first kappa shape index (κ1) is 26.7. The van der Waals surface area contributed by atoms with Gasteiger partial charge in [0, 0.05) is 4.91 Å². The lowest BCUT2D eigenvalue weighted by Gasteiger charge is -2.19. The van der Waals surface area contributed by atoms with Gasteiger partial charge in [0.15, 0.2) is 0 Å². The Labute approximate surface area is 187 Å². The third-order valence-electron chi connectivity index (χ3n) is 5.32. The van der Waals surface area contributed by atoms with Crippen LogP contribution in [0.1, 0.15) is 94.3 Å². The number of hydrogen-bond acceptors (Lipinski definition) is 4. The maximum atomic E-state index is 12.3. The second kappa shape index (κ2) is 18.5. The monoisotopic (exact) mass is 429 g/mol. The van der Waals surface area contributed by atoms with Crippen molar-refractivity contribution < 1.29 is 14.6 Å². The van der Waals surface area contributed by atoms with E-state index in [0.29, 0.717) is 5.56 Å². The highest BCUT2D eigenvalue weighted by Gasteiger charge is 2.22. The van der Waals surface area contributed by atoms with Crippen molar-refractivity contribution in [3.05, 3.63) is 58.5 Å². The summed E-state index contributed by atoms with van der Waals surface area (Å²) in [4.78, 5) is 15.1. The second-order valence-electron chi connectivity index (χ2n) is 7.94. The molecular formula is C25H39N3O3. The zero-order chi connectivity index (χ0) is 22.6. The number of ether oxygens (including phenoxy) is 1. The van der Waals surface area contributed by atoms with Gasteiger partial charge in [0.1, 0.15) is 12.1 Å². The van der Waals surface area contributed by atoms with Crippen LogP contribution < -0.4 is 0 Å². The number of unbranched alkanes of at least 4 members (excludes halogenated alkanes) is 11. The lowest BCUT2D eigenvalue weighted by atomic mass is 10.0. The number of carbonyl (C=O) groups excluding carboxylic acids is 1. The molecule has 0 heterocycles. The van der Waals surface area contributed by atoms with Gasteiger partial charge in [0.25, 0.3) is 0 Å². The van der Waals surface area contributed by atoms with Gasteiger partial charge in [-0.3, -0.25) is 0 Å². The Kier molecular flexibility index (Phi) is 15.9. The predicted octanol–water partition coefficient (Wildman–Crippen LogP) is 7.14. The molecule has 0 spiro atoms. The Hall–Kier alpha value is -2.30. The van der Waals surface area contributed by atoms with Crippen molar-refractivity contribution in [2.24, 2.45) is 5.11 Å². The van der Waals surface area contributed by atoms with Crippen molar-refractivity contribution >= 4 is 5.97 Å². The minimum atomic E-state index is -0.841. The summed E-state index contributed by atoms with van der Waals surface area (Å²) in [5.74, 6) is -0.503. The molecule has 0 saturated carbocycles. The van der Waals surface area contributed by atoms with Crippen LogP contribution >= 0.6 is 0 Å². The van der Waals surface area contributed by atoms with Gasteiger partial charge in [-0.25, -0.2) is 4.79 Å². The van der Waals surface area contributed by atoms with Crippen LogP contribution in [0.4, 0.5) is 0 Å². The highest BCUT2D eigenvalue weighted by atomic mass is 16.5. The predicted molar refractivity (Wildman–Crippen MR) is 126 cm³/mol. The first-order valence-corrected chi connectivity index (χ1v) is 11.8. The molecule has 0 amide bonds. The maximum Gasteiger partial charge on any atom is 0.338 e. The quantitative estimate of drug-likeness (QED) is 0.0670. The van der Waals surface area contributed by atoms with E-state index in [2.05, 4.69) is 16.9 Å². The summed E-state index contributed by atoms with van der Waals surface area (Å²) in [5.41, 5.74) is 9.15. The van der Waals surface area contributed by atoms with Crippen LogP contribution in [-0.4, -0.2) is 29.8 Å². The van der Waals surface area contributed by atoms with E-state index in [1.54, 1.807) is 30.3 Å². The third-order valence-corrected chi connectivity index (χ3v) is 5.32. The van der Waals surface area contributed by atoms with E-state index < -0.39 is 18.1 Å². The minimum Gasteiger partial charge on any atom is -0.454 e. The van der Waals surface area contributed by atoms with E-state index >= 15 is 0 Å². The average Bonchev–Trinajstić information content (AvgIpc) is 2.80. The summed E-state index contributed by atoms with van der Waals surface area (Å²) in [6, 6.07) is 7.81. The van der Waals surface area contributed by atoms with E-state index in [9.17, 15) is 9.90 Å². The van der Waals surface area contributed by atoms with Crippen LogP contribution in [0.5, 0.6) is 0 Å². The SMILES string of the molecule is CCCCCCCCCCCCCC=C[C@@H](OC(=O)c1ccccc1)C(CO)N=[N+]=[N-]. The van der Waals surface area contributed by atoms with Crippen LogP contribution in [0.15, 0.2) is 47.6 Å². The molecule has 0 aliphatic carbocycles. The van der Waals surface area contributed by atoms with E-state index in [4.69, 9.17) is 10.3 Å². The summed E-state index contributed by atoms with van der Waals surface area (Å²) >= 11 is 0. The molecule has 1 rings (SSSR count). The van der Waals surface area contributed by atoms with Gasteiger partial charge in [0.2, 0.25) is 0 Å². The smallest absolute Gasteiger partial charge is 0.338 e. The van der Waals surface area contributed by atoms with Gasteiger partial charge in [-0.05, 0) is 36.6 Å². The lowest BCUT2D eigenvalue weighted by Crippen LogP contribution is -2.31. The number of aliphatic hydroxyl groups excluding tert-OH is 1. The molecule has 0 aromatic heterocycles. The molecule has 0 radical (unpaired) electrons. The zero-order valence-electron chi connectivity index (χ0n) is 19.0. The van der Waals surface area contributed by atoms with E-state index in [0.717, 1.165) is 12.8 Å². The molecule has 31 heavy (non-hydrogen) atoms. The largest absolute Gasteiger partial charge is 0.454 e. The highest BCUT2D eigenvalue weighted by molar-refractivity contribution is 5.89. The number of azide groups is 1. The fourth-order valence-corrected chi connectivity index (χ4v) is 3.44. The van der Waals surface area contributed by atoms with E-state index in [1.165, 1.54) is 64.2 Å². The number of esters is 1. The topological polar surface area (TPSA) is 95.3 Å². The normalized spacial score (nSPS) is 13.0. The minimum absolute atomic E-state index is 0.389. The molecule has 0 aliphatic heterocycles. The van der Waals surface area contributed by atoms with E-state index in [-0.39, 0.29) is 6.61 Å². The summed E-state index contributed by atoms with van der Waals surface area (Å²) < 4.78 is 5.50.